The highest BCUT2D eigenvalue weighted by atomic mass is 16.3. The molecule has 3 amide bonds. The number of carbonyl (C=O) groups excluding carboxylic acids is 3. The predicted molar refractivity (Wildman–Crippen MR) is 95.2 cm³/mol. The Balaban J connectivity index is 1.67. The highest BCUT2D eigenvalue weighted by molar-refractivity contribution is 6.39. The molecule has 0 bridgehead atoms. The van der Waals surface area contributed by atoms with Crippen LogP contribution in [0.2, 0.25) is 0 Å². The summed E-state index contributed by atoms with van der Waals surface area (Å²) in [7, 11) is 0. The second kappa shape index (κ2) is 8.04. The Hall–Kier alpha value is -3.14. The quantitative estimate of drug-likeness (QED) is 0.560. The fourth-order valence-electron chi connectivity index (χ4n) is 2.79. The fraction of sp³-hybridized carbons (Fsp3) is 0.412. The van der Waals surface area contributed by atoms with Gasteiger partial charge in [0.05, 0.1) is 18.5 Å². The normalized spacial score (nSPS) is 19.4. The molecular weight excluding hydrogens is 352 g/mol. The highest BCUT2D eigenvalue weighted by Gasteiger charge is 2.28. The Morgan fingerprint density at radius 2 is 2.22 bits per heavy atom. The van der Waals surface area contributed by atoms with E-state index >= 15 is 0 Å². The van der Waals surface area contributed by atoms with E-state index in [1.807, 2.05) is 6.92 Å². The van der Waals surface area contributed by atoms with Crippen molar-refractivity contribution in [2.45, 2.75) is 45.6 Å². The minimum Gasteiger partial charge on any atom is -0.467 e. The number of nitrogens with zero attached hydrogens (tertiary/aromatic N) is 2. The second-order valence-electron chi connectivity index (χ2n) is 6.28. The van der Waals surface area contributed by atoms with Gasteiger partial charge in [-0.05, 0) is 25.5 Å². The monoisotopic (exact) mass is 374 g/mol. The smallest absolute Gasteiger partial charge is 0.314 e. The number of hydrogen-bond acceptors (Lipinski definition) is 6. The SMILES string of the molecule is CCC1CC(=O)NC(n2nc(C)cc2NC(=O)C(=O)NCc2ccco2)N1. The third-order valence-electron chi connectivity index (χ3n) is 4.17. The number of hydrogen-bond donors (Lipinski definition) is 4. The van der Waals surface area contributed by atoms with Crippen molar-refractivity contribution in [2.24, 2.45) is 0 Å². The minimum absolute atomic E-state index is 0.00778. The van der Waals surface area contributed by atoms with Gasteiger partial charge in [0.15, 0.2) is 6.29 Å². The van der Waals surface area contributed by atoms with Crippen LogP contribution in [0.5, 0.6) is 0 Å². The van der Waals surface area contributed by atoms with E-state index in [1.54, 1.807) is 25.1 Å². The Bertz CT molecular complexity index is 829. The number of rotatable bonds is 5. The average molecular weight is 374 g/mol. The molecule has 144 valence electrons. The summed E-state index contributed by atoms with van der Waals surface area (Å²) in [5.41, 5.74) is 0.635. The number of aromatic nitrogens is 2. The summed E-state index contributed by atoms with van der Waals surface area (Å²) in [5.74, 6) is -0.898. The van der Waals surface area contributed by atoms with Crippen LogP contribution < -0.4 is 21.3 Å². The van der Waals surface area contributed by atoms with Crippen LogP contribution >= 0.6 is 0 Å². The number of anilines is 1. The maximum atomic E-state index is 12.2. The van der Waals surface area contributed by atoms with Crippen molar-refractivity contribution in [1.29, 1.82) is 0 Å². The summed E-state index contributed by atoms with van der Waals surface area (Å²) < 4.78 is 6.56. The lowest BCUT2D eigenvalue weighted by Crippen LogP contribution is -2.53. The molecule has 2 atom stereocenters. The molecule has 2 aromatic rings. The number of nitrogens with one attached hydrogen (secondary N) is 4. The summed E-state index contributed by atoms with van der Waals surface area (Å²) in [5, 5.41) is 15.4. The lowest BCUT2D eigenvalue weighted by Gasteiger charge is -2.31. The molecule has 1 aliphatic heterocycles. The van der Waals surface area contributed by atoms with E-state index in [0.717, 1.165) is 6.42 Å². The number of carbonyl (C=O) groups is 3. The lowest BCUT2D eigenvalue weighted by atomic mass is 10.1. The van der Waals surface area contributed by atoms with Crippen molar-refractivity contribution in [2.75, 3.05) is 5.32 Å². The first kappa shape index (κ1) is 18.6. The molecule has 27 heavy (non-hydrogen) atoms. The van der Waals surface area contributed by atoms with E-state index in [0.29, 0.717) is 23.7 Å². The first-order valence-corrected chi connectivity index (χ1v) is 8.69. The minimum atomic E-state index is -0.836. The highest BCUT2D eigenvalue weighted by Crippen LogP contribution is 2.18. The second-order valence-corrected chi connectivity index (χ2v) is 6.28. The van der Waals surface area contributed by atoms with Gasteiger partial charge in [-0.25, -0.2) is 4.68 Å². The van der Waals surface area contributed by atoms with Crippen LogP contribution in [0.4, 0.5) is 5.82 Å². The van der Waals surface area contributed by atoms with Crippen LogP contribution in [-0.2, 0) is 20.9 Å². The average Bonchev–Trinajstić information content (AvgIpc) is 3.28. The first-order valence-electron chi connectivity index (χ1n) is 8.69. The Kier molecular flexibility index (Phi) is 5.55. The van der Waals surface area contributed by atoms with E-state index in [-0.39, 0.29) is 18.5 Å². The molecule has 0 spiro atoms. The summed E-state index contributed by atoms with van der Waals surface area (Å²) in [4.78, 5) is 36.1. The van der Waals surface area contributed by atoms with E-state index in [2.05, 4.69) is 26.4 Å². The standard InChI is InChI=1S/C17H22N6O4/c1-3-11-8-14(24)21-17(19-11)23-13(7-10(2)22-23)20-16(26)15(25)18-9-12-5-4-6-27-12/h4-7,11,17,19H,3,8-9H2,1-2H3,(H,18,25)(H,20,26)(H,21,24). The van der Waals surface area contributed by atoms with Crippen LogP contribution in [0.3, 0.4) is 0 Å². The van der Waals surface area contributed by atoms with E-state index in [9.17, 15) is 14.4 Å². The maximum Gasteiger partial charge on any atom is 0.314 e. The molecule has 1 fully saturated rings. The topological polar surface area (TPSA) is 130 Å². The zero-order valence-electron chi connectivity index (χ0n) is 15.1. The number of amides is 3. The molecule has 0 aliphatic carbocycles. The van der Waals surface area contributed by atoms with Crippen LogP contribution in [0.15, 0.2) is 28.9 Å². The van der Waals surface area contributed by atoms with Crippen LogP contribution in [-0.4, -0.2) is 33.5 Å². The molecule has 1 aliphatic rings. The summed E-state index contributed by atoms with van der Waals surface area (Å²) in [6, 6.07) is 5.02. The number of aryl methyl sites for hydroxylation is 1. The summed E-state index contributed by atoms with van der Waals surface area (Å²) in [6.45, 7) is 3.84. The molecule has 3 rings (SSSR count). The van der Waals surface area contributed by atoms with E-state index in [4.69, 9.17) is 4.42 Å². The molecular formula is C17H22N6O4. The molecule has 3 heterocycles. The maximum absolute atomic E-state index is 12.2. The molecule has 4 N–H and O–H groups in total. The lowest BCUT2D eigenvalue weighted by molar-refractivity contribution is -0.136. The van der Waals surface area contributed by atoms with Gasteiger partial charge in [0.25, 0.3) is 0 Å². The molecule has 0 aromatic carbocycles. The predicted octanol–water partition coefficient (Wildman–Crippen LogP) is 0.384. The number of furan rings is 1. The molecule has 10 nitrogen and oxygen atoms in total. The van der Waals surface area contributed by atoms with Gasteiger partial charge in [0.2, 0.25) is 5.91 Å². The van der Waals surface area contributed by atoms with Gasteiger partial charge in [-0.3, -0.25) is 19.7 Å². The largest absolute Gasteiger partial charge is 0.467 e. The van der Waals surface area contributed by atoms with Gasteiger partial charge in [0, 0.05) is 18.5 Å². The third-order valence-corrected chi connectivity index (χ3v) is 4.17. The first-order chi connectivity index (χ1) is 13.0. The zero-order chi connectivity index (χ0) is 19.4. The Labute approximate surface area is 155 Å². The zero-order valence-corrected chi connectivity index (χ0v) is 15.1. The van der Waals surface area contributed by atoms with Gasteiger partial charge in [0.1, 0.15) is 11.6 Å². The molecule has 0 radical (unpaired) electrons. The fourth-order valence-corrected chi connectivity index (χ4v) is 2.79. The third kappa shape index (κ3) is 4.53. The van der Waals surface area contributed by atoms with Crippen molar-refractivity contribution in [3.63, 3.8) is 0 Å². The van der Waals surface area contributed by atoms with Gasteiger partial charge in [-0.15, -0.1) is 0 Å². The molecule has 10 heteroatoms. The van der Waals surface area contributed by atoms with Crippen molar-refractivity contribution < 1.29 is 18.8 Å². The van der Waals surface area contributed by atoms with Crippen molar-refractivity contribution >= 4 is 23.5 Å². The molecule has 1 saturated heterocycles. The van der Waals surface area contributed by atoms with Crippen LogP contribution in [0.25, 0.3) is 0 Å². The van der Waals surface area contributed by atoms with Crippen molar-refractivity contribution in [3.8, 4) is 0 Å². The van der Waals surface area contributed by atoms with Gasteiger partial charge < -0.3 is 20.4 Å². The Morgan fingerprint density at radius 1 is 1.41 bits per heavy atom. The van der Waals surface area contributed by atoms with Crippen LogP contribution in [0.1, 0.15) is 37.5 Å². The van der Waals surface area contributed by atoms with E-state index < -0.39 is 18.1 Å². The van der Waals surface area contributed by atoms with E-state index in [1.165, 1.54) is 10.9 Å². The molecule has 0 saturated carbocycles. The summed E-state index contributed by atoms with van der Waals surface area (Å²) >= 11 is 0. The van der Waals surface area contributed by atoms with Gasteiger partial charge in [-0.2, -0.15) is 5.10 Å². The van der Waals surface area contributed by atoms with Gasteiger partial charge in [-0.1, -0.05) is 6.92 Å². The van der Waals surface area contributed by atoms with Crippen molar-refractivity contribution in [3.05, 3.63) is 35.9 Å². The molecule has 2 aromatic heterocycles. The summed E-state index contributed by atoms with van der Waals surface area (Å²) in [6.07, 6.45) is 2.04. The van der Waals surface area contributed by atoms with Crippen LogP contribution in [0, 0.1) is 6.92 Å². The Morgan fingerprint density at radius 3 is 2.93 bits per heavy atom. The van der Waals surface area contributed by atoms with Crippen molar-refractivity contribution in [1.82, 2.24) is 25.7 Å². The van der Waals surface area contributed by atoms with Gasteiger partial charge >= 0.3 is 11.8 Å². The molecule has 2 unspecified atom stereocenters.